The van der Waals surface area contributed by atoms with Crippen molar-refractivity contribution in [1.82, 2.24) is 0 Å². The van der Waals surface area contributed by atoms with Crippen LogP contribution in [0, 0.1) is 0 Å². The highest BCUT2D eigenvalue weighted by molar-refractivity contribution is 8.06. The summed E-state index contributed by atoms with van der Waals surface area (Å²) in [6, 6.07) is 2.59. The van der Waals surface area contributed by atoms with Crippen LogP contribution in [0.4, 0.5) is 0 Å². The molecule has 2 heterocycles. The van der Waals surface area contributed by atoms with Crippen LogP contribution in [-0.4, -0.2) is 28.6 Å². The van der Waals surface area contributed by atoms with Gasteiger partial charge in [-0.25, -0.2) is 0 Å². The first-order valence-corrected chi connectivity index (χ1v) is 8.47. The Hall–Kier alpha value is 0.360. The number of thiophene rings is 1. The van der Waals surface area contributed by atoms with Crippen LogP contribution in [0.5, 0.6) is 0 Å². The number of thioether (sulfide) groups is 2. The van der Waals surface area contributed by atoms with Crippen LogP contribution in [0.15, 0.2) is 16.8 Å². The van der Waals surface area contributed by atoms with Gasteiger partial charge in [0.05, 0.1) is 0 Å². The Morgan fingerprint density at radius 1 is 1.47 bits per heavy atom. The zero-order chi connectivity index (χ0) is 10.5. The van der Waals surface area contributed by atoms with Crippen LogP contribution in [0.1, 0.15) is 12.0 Å². The molecule has 1 aromatic heterocycles. The number of nitrogens with two attached hydrogens (primary N) is 1. The van der Waals surface area contributed by atoms with E-state index in [2.05, 4.69) is 40.4 Å². The topological polar surface area (TPSA) is 26.0 Å². The summed E-state index contributed by atoms with van der Waals surface area (Å²) in [6.45, 7) is 0. The van der Waals surface area contributed by atoms with Gasteiger partial charge in [-0.1, -0.05) is 0 Å². The van der Waals surface area contributed by atoms with E-state index < -0.39 is 0 Å². The second-order valence-corrected chi connectivity index (χ2v) is 7.10. The van der Waals surface area contributed by atoms with Crippen molar-refractivity contribution in [3.63, 3.8) is 0 Å². The van der Waals surface area contributed by atoms with Gasteiger partial charge >= 0.3 is 0 Å². The van der Waals surface area contributed by atoms with E-state index in [1.165, 1.54) is 22.8 Å². The van der Waals surface area contributed by atoms with Crippen molar-refractivity contribution in [2.75, 3.05) is 17.3 Å². The zero-order valence-corrected chi connectivity index (χ0v) is 11.2. The average Bonchev–Trinajstić information content (AvgIpc) is 2.80. The van der Waals surface area contributed by atoms with Gasteiger partial charge in [0.25, 0.3) is 0 Å². The Balaban J connectivity index is 1.74. The number of hydrogen-bond donors (Lipinski definition) is 1. The van der Waals surface area contributed by atoms with Gasteiger partial charge in [0, 0.05) is 28.6 Å². The molecule has 4 heteroatoms. The molecule has 1 aliphatic rings. The SMILES string of the molecule is NC(CCc1ccsc1)C1CSCCS1. The summed E-state index contributed by atoms with van der Waals surface area (Å²) >= 11 is 5.90. The fourth-order valence-electron chi connectivity index (χ4n) is 1.71. The molecule has 2 rings (SSSR count). The highest BCUT2D eigenvalue weighted by atomic mass is 32.2. The van der Waals surface area contributed by atoms with Crippen molar-refractivity contribution >= 4 is 34.9 Å². The van der Waals surface area contributed by atoms with E-state index in [-0.39, 0.29) is 0 Å². The third-order valence-corrected chi connectivity index (χ3v) is 6.34. The van der Waals surface area contributed by atoms with Crippen molar-refractivity contribution in [2.45, 2.75) is 24.1 Å². The maximum Gasteiger partial charge on any atom is 0.0289 e. The molecule has 0 aliphatic carbocycles. The van der Waals surface area contributed by atoms with E-state index >= 15 is 0 Å². The first-order chi connectivity index (χ1) is 7.36. The molecule has 1 aliphatic heterocycles. The molecule has 0 aromatic carbocycles. The van der Waals surface area contributed by atoms with Crippen molar-refractivity contribution in [3.05, 3.63) is 22.4 Å². The second-order valence-electron chi connectivity index (χ2n) is 3.82. The number of aryl methyl sites for hydroxylation is 1. The van der Waals surface area contributed by atoms with Gasteiger partial charge in [0.2, 0.25) is 0 Å². The third kappa shape index (κ3) is 3.70. The van der Waals surface area contributed by atoms with E-state index in [1.54, 1.807) is 11.3 Å². The summed E-state index contributed by atoms with van der Waals surface area (Å²) in [5.41, 5.74) is 7.68. The molecule has 0 saturated carbocycles. The lowest BCUT2D eigenvalue weighted by molar-refractivity contribution is 0.611. The minimum absolute atomic E-state index is 0.377. The van der Waals surface area contributed by atoms with Crippen LogP contribution >= 0.6 is 34.9 Å². The van der Waals surface area contributed by atoms with Crippen molar-refractivity contribution in [2.24, 2.45) is 5.73 Å². The Kier molecular flexibility index (Phi) is 4.88. The van der Waals surface area contributed by atoms with Gasteiger partial charge in [-0.2, -0.15) is 34.9 Å². The molecule has 0 bridgehead atoms. The molecule has 2 N–H and O–H groups in total. The first kappa shape index (κ1) is 11.8. The molecule has 1 fully saturated rings. The first-order valence-electron chi connectivity index (χ1n) is 5.32. The number of hydrogen-bond acceptors (Lipinski definition) is 4. The van der Waals surface area contributed by atoms with E-state index in [9.17, 15) is 0 Å². The van der Waals surface area contributed by atoms with E-state index in [0.717, 1.165) is 12.8 Å². The highest BCUT2D eigenvalue weighted by Crippen LogP contribution is 2.27. The summed E-state index contributed by atoms with van der Waals surface area (Å²) < 4.78 is 0. The lowest BCUT2D eigenvalue weighted by atomic mass is 10.1. The zero-order valence-electron chi connectivity index (χ0n) is 8.72. The van der Waals surface area contributed by atoms with Gasteiger partial charge in [-0.05, 0) is 35.2 Å². The fraction of sp³-hybridized carbons (Fsp3) is 0.636. The molecule has 0 radical (unpaired) electrons. The second kappa shape index (κ2) is 6.18. The summed E-state index contributed by atoms with van der Waals surface area (Å²) in [5, 5.41) is 5.06. The molecule has 2 unspecified atom stereocenters. The predicted octanol–water partition coefficient (Wildman–Crippen LogP) is 2.86. The van der Waals surface area contributed by atoms with Crippen LogP contribution in [-0.2, 0) is 6.42 Å². The Labute approximate surface area is 104 Å². The average molecular weight is 259 g/mol. The molecular weight excluding hydrogens is 242 g/mol. The fourth-order valence-corrected chi connectivity index (χ4v) is 5.27. The van der Waals surface area contributed by atoms with Gasteiger partial charge in [0.1, 0.15) is 0 Å². The van der Waals surface area contributed by atoms with Crippen LogP contribution < -0.4 is 5.73 Å². The molecule has 0 spiro atoms. The summed E-state index contributed by atoms with van der Waals surface area (Å²) in [5.74, 6) is 3.83. The molecule has 84 valence electrons. The largest absolute Gasteiger partial charge is 0.327 e. The summed E-state index contributed by atoms with van der Waals surface area (Å²) in [6.07, 6.45) is 2.28. The predicted molar refractivity (Wildman–Crippen MR) is 74.2 cm³/mol. The van der Waals surface area contributed by atoms with Crippen LogP contribution in [0.25, 0.3) is 0 Å². The lowest BCUT2D eigenvalue weighted by Crippen LogP contribution is -2.36. The molecule has 2 atom stereocenters. The molecule has 1 nitrogen and oxygen atoms in total. The van der Waals surface area contributed by atoms with Gasteiger partial charge in [-0.15, -0.1) is 0 Å². The van der Waals surface area contributed by atoms with E-state index in [0.29, 0.717) is 11.3 Å². The van der Waals surface area contributed by atoms with Crippen LogP contribution in [0.3, 0.4) is 0 Å². The maximum atomic E-state index is 6.23. The maximum absolute atomic E-state index is 6.23. The lowest BCUT2D eigenvalue weighted by Gasteiger charge is -2.26. The van der Waals surface area contributed by atoms with Gasteiger partial charge in [-0.3, -0.25) is 0 Å². The Morgan fingerprint density at radius 2 is 2.40 bits per heavy atom. The molecular formula is C11H17NS3. The third-order valence-electron chi connectivity index (χ3n) is 2.67. The van der Waals surface area contributed by atoms with Gasteiger partial charge < -0.3 is 5.73 Å². The molecule has 0 amide bonds. The normalized spacial score (nSPS) is 23.9. The van der Waals surface area contributed by atoms with Crippen molar-refractivity contribution < 1.29 is 0 Å². The molecule has 1 saturated heterocycles. The molecule has 15 heavy (non-hydrogen) atoms. The standard InChI is InChI=1S/C11H17NS3/c12-10(11-8-14-5-6-15-11)2-1-9-3-4-13-7-9/h3-4,7,10-11H,1-2,5-6,8,12H2. The van der Waals surface area contributed by atoms with E-state index in [1.807, 2.05) is 0 Å². The monoisotopic (exact) mass is 259 g/mol. The Morgan fingerprint density at radius 3 is 3.07 bits per heavy atom. The van der Waals surface area contributed by atoms with Gasteiger partial charge in [0.15, 0.2) is 0 Å². The van der Waals surface area contributed by atoms with Crippen molar-refractivity contribution in [3.8, 4) is 0 Å². The molecule has 1 aromatic rings. The minimum atomic E-state index is 0.377. The highest BCUT2D eigenvalue weighted by Gasteiger charge is 2.21. The summed E-state index contributed by atoms with van der Waals surface area (Å²) in [4.78, 5) is 0. The van der Waals surface area contributed by atoms with Crippen molar-refractivity contribution in [1.29, 1.82) is 0 Å². The summed E-state index contributed by atoms with van der Waals surface area (Å²) in [7, 11) is 0. The Bertz CT molecular complexity index is 267. The minimum Gasteiger partial charge on any atom is -0.327 e. The van der Waals surface area contributed by atoms with Crippen LogP contribution in [0.2, 0.25) is 0 Å². The quantitative estimate of drug-likeness (QED) is 0.900. The van der Waals surface area contributed by atoms with E-state index in [4.69, 9.17) is 5.73 Å². The number of rotatable bonds is 4. The smallest absolute Gasteiger partial charge is 0.0289 e.